The third-order valence-corrected chi connectivity index (χ3v) is 4.89. The van der Waals surface area contributed by atoms with Gasteiger partial charge in [-0.25, -0.2) is 0 Å². The molecule has 0 fully saturated rings. The van der Waals surface area contributed by atoms with E-state index in [4.69, 9.17) is 0 Å². The Bertz CT molecular complexity index is 389. The molecule has 2 heteroatoms. The molecule has 0 atom stereocenters. The van der Waals surface area contributed by atoms with Gasteiger partial charge >= 0.3 is 0 Å². The molecule has 0 amide bonds. The summed E-state index contributed by atoms with van der Waals surface area (Å²) in [4.78, 5) is 0. The zero-order chi connectivity index (χ0) is 17.3. The molecule has 0 aliphatic rings. The minimum Gasteiger partial charge on any atom is -0.262 e. The van der Waals surface area contributed by atoms with Crippen LogP contribution < -0.4 is 9.88 Å². The van der Waals surface area contributed by atoms with Crippen molar-refractivity contribution < 1.29 is 4.57 Å². The Balaban J connectivity index is 1.84. The summed E-state index contributed by atoms with van der Waals surface area (Å²) in [6, 6.07) is 6.46. The van der Waals surface area contributed by atoms with Crippen LogP contribution in [-0.2, 0) is 13.1 Å². The summed E-state index contributed by atoms with van der Waals surface area (Å²) < 4.78 is 2.32. The Morgan fingerprint density at radius 1 is 0.750 bits per heavy atom. The van der Waals surface area contributed by atoms with Gasteiger partial charge in [0.1, 0.15) is 0 Å². The highest BCUT2D eigenvalue weighted by Gasteiger charge is 2.05. The zero-order valence-electron chi connectivity index (χ0n) is 16.4. The fraction of sp³-hybridized carbons (Fsp3) is 0.773. The molecule has 138 valence electrons. The van der Waals surface area contributed by atoms with Crippen molar-refractivity contribution in [3.8, 4) is 0 Å². The van der Waals surface area contributed by atoms with Crippen LogP contribution in [0.25, 0.3) is 0 Å². The molecular weight excluding hydrogens is 292 g/mol. The van der Waals surface area contributed by atoms with Gasteiger partial charge in [-0.3, -0.25) is 5.32 Å². The fourth-order valence-corrected chi connectivity index (χ4v) is 3.28. The lowest BCUT2D eigenvalue weighted by Crippen LogP contribution is -2.44. The summed E-state index contributed by atoms with van der Waals surface area (Å²) in [6.45, 7) is 6.60. The molecule has 1 heterocycles. The molecule has 1 aromatic heterocycles. The summed E-state index contributed by atoms with van der Waals surface area (Å²) in [5.41, 5.74) is 1.40. The number of nitrogens with zero attached hydrogens (tertiary/aromatic N) is 1. The minimum absolute atomic E-state index is 0.946. The minimum atomic E-state index is 0.946. The number of hydrogen-bond acceptors (Lipinski definition) is 1. The molecule has 1 N–H and O–H groups in total. The van der Waals surface area contributed by atoms with E-state index >= 15 is 0 Å². The van der Waals surface area contributed by atoms with Crippen LogP contribution in [0.3, 0.4) is 0 Å². The van der Waals surface area contributed by atoms with Crippen molar-refractivity contribution in [2.75, 3.05) is 6.54 Å². The van der Waals surface area contributed by atoms with Gasteiger partial charge in [-0.1, -0.05) is 90.5 Å². The SMILES string of the molecule is CCCCCCCCCCCCCCNC[n+]1ccccc1CC. The lowest BCUT2D eigenvalue weighted by atomic mass is 10.1. The summed E-state index contributed by atoms with van der Waals surface area (Å²) >= 11 is 0. The van der Waals surface area contributed by atoms with E-state index in [0.29, 0.717) is 0 Å². The maximum absolute atomic E-state index is 3.57. The summed E-state index contributed by atoms with van der Waals surface area (Å²) in [5, 5.41) is 3.57. The van der Waals surface area contributed by atoms with Crippen LogP contribution in [-0.4, -0.2) is 6.54 Å². The van der Waals surface area contributed by atoms with Crippen LogP contribution in [0.2, 0.25) is 0 Å². The average Bonchev–Trinajstić information content (AvgIpc) is 2.62. The van der Waals surface area contributed by atoms with Gasteiger partial charge < -0.3 is 0 Å². The van der Waals surface area contributed by atoms with Gasteiger partial charge in [-0.15, -0.1) is 0 Å². The van der Waals surface area contributed by atoms with E-state index in [-0.39, 0.29) is 0 Å². The number of hydrogen-bond donors (Lipinski definition) is 1. The summed E-state index contributed by atoms with van der Waals surface area (Å²) in [7, 11) is 0. The van der Waals surface area contributed by atoms with Crippen molar-refractivity contribution >= 4 is 0 Å². The standard InChI is InChI=1S/C22H41N2/c1-3-5-6-7-8-9-10-11-12-13-14-16-19-23-21-24-20-17-15-18-22(24)4-2/h15,17-18,20,23H,3-14,16,19,21H2,1-2H3/q+1. The molecule has 0 aliphatic carbocycles. The highest BCUT2D eigenvalue weighted by molar-refractivity contribution is 4.96. The highest BCUT2D eigenvalue weighted by Crippen LogP contribution is 2.11. The van der Waals surface area contributed by atoms with Crippen LogP contribution in [0, 0.1) is 0 Å². The topological polar surface area (TPSA) is 15.9 Å². The molecule has 0 aromatic carbocycles. The number of unbranched alkanes of at least 4 members (excludes halogenated alkanes) is 11. The second kappa shape index (κ2) is 15.6. The summed E-state index contributed by atoms with van der Waals surface area (Å²) in [6.07, 6.45) is 20.3. The first-order valence-corrected chi connectivity index (χ1v) is 10.6. The number of aryl methyl sites for hydroxylation is 1. The largest absolute Gasteiger partial charge is 0.262 e. The predicted octanol–water partition coefficient (Wildman–Crippen LogP) is 5.78. The lowest BCUT2D eigenvalue weighted by Gasteiger charge is -2.05. The van der Waals surface area contributed by atoms with Crippen LogP contribution in [0.4, 0.5) is 0 Å². The normalized spacial score (nSPS) is 11.1. The van der Waals surface area contributed by atoms with Crippen molar-refractivity contribution in [2.24, 2.45) is 0 Å². The Morgan fingerprint density at radius 3 is 1.92 bits per heavy atom. The molecule has 0 radical (unpaired) electrons. The van der Waals surface area contributed by atoms with Gasteiger partial charge in [0.05, 0.1) is 0 Å². The van der Waals surface area contributed by atoms with E-state index in [1.165, 1.54) is 82.7 Å². The smallest absolute Gasteiger partial charge is 0.202 e. The van der Waals surface area contributed by atoms with E-state index in [9.17, 15) is 0 Å². The van der Waals surface area contributed by atoms with Crippen LogP contribution in [0.5, 0.6) is 0 Å². The van der Waals surface area contributed by atoms with Crippen LogP contribution >= 0.6 is 0 Å². The number of aromatic nitrogens is 1. The zero-order valence-corrected chi connectivity index (χ0v) is 16.4. The monoisotopic (exact) mass is 333 g/mol. The van der Waals surface area contributed by atoms with Gasteiger partial charge in [-0.2, -0.15) is 4.57 Å². The third-order valence-electron chi connectivity index (χ3n) is 4.89. The van der Waals surface area contributed by atoms with E-state index in [1.807, 2.05) is 0 Å². The fourth-order valence-electron chi connectivity index (χ4n) is 3.28. The molecule has 1 aromatic rings. The highest BCUT2D eigenvalue weighted by atomic mass is 15.1. The Hall–Kier alpha value is -0.890. The molecule has 0 saturated heterocycles. The number of rotatable bonds is 16. The first kappa shape index (κ1) is 21.2. The molecule has 1 rings (SSSR count). The van der Waals surface area contributed by atoms with E-state index in [0.717, 1.165) is 19.6 Å². The molecule has 0 bridgehead atoms. The molecule has 24 heavy (non-hydrogen) atoms. The van der Waals surface area contributed by atoms with Gasteiger partial charge in [-0.05, 0) is 6.42 Å². The maximum Gasteiger partial charge on any atom is 0.202 e. The molecule has 0 aliphatic heterocycles. The molecule has 0 saturated carbocycles. The predicted molar refractivity (Wildman–Crippen MR) is 105 cm³/mol. The van der Waals surface area contributed by atoms with Crippen LogP contribution in [0.15, 0.2) is 24.4 Å². The van der Waals surface area contributed by atoms with Gasteiger partial charge in [0.15, 0.2) is 11.9 Å². The van der Waals surface area contributed by atoms with Crippen molar-refractivity contribution in [3.63, 3.8) is 0 Å². The van der Waals surface area contributed by atoms with E-state index < -0.39 is 0 Å². The van der Waals surface area contributed by atoms with Gasteiger partial charge in [0.25, 0.3) is 0 Å². The Kier molecular flexibility index (Phi) is 13.8. The molecular formula is C22H41N2+. The van der Waals surface area contributed by atoms with Gasteiger partial charge in [0.2, 0.25) is 6.67 Å². The maximum atomic E-state index is 3.57. The van der Waals surface area contributed by atoms with E-state index in [1.54, 1.807) is 0 Å². The molecule has 0 spiro atoms. The Labute approximate surface area is 151 Å². The quantitative estimate of drug-likeness (QED) is 0.299. The first-order chi connectivity index (χ1) is 11.9. The first-order valence-electron chi connectivity index (χ1n) is 10.6. The van der Waals surface area contributed by atoms with Crippen LogP contribution in [0.1, 0.15) is 96.6 Å². The summed E-state index contributed by atoms with van der Waals surface area (Å²) in [5.74, 6) is 0. The number of nitrogens with one attached hydrogen (secondary N) is 1. The average molecular weight is 334 g/mol. The van der Waals surface area contributed by atoms with Gasteiger partial charge in [0, 0.05) is 25.1 Å². The molecule has 2 nitrogen and oxygen atoms in total. The molecule has 0 unspecified atom stereocenters. The van der Waals surface area contributed by atoms with E-state index in [2.05, 4.69) is 48.1 Å². The second-order valence-electron chi connectivity index (χ2n) is 7.06. The van der Waals surface area contributed by atoms with Crippen molar-refractivity contribution in [2.45, 2.75) is 104 Å². The Morgan fingerprint density at radius 2 is 1.33 bits per heavy atom. The lowest BCUT2D eigenvalue weighted by molar-refractivity contribution is -0.708. The third kappa shape index (κ3) is 10.8. The van der Waals surface area contributed by atoms with Crippen molar-refractivity contribution in [1.82, 2.24) is 5.32 Å². The van der Waals surface area contributed by atoms with Crippen molar-refractivity contribution in [3.05, 3.63) is 30.1 Å². The van der Waals surface area contributed by atoms with Crippen molar-refractivity contribution in [1.29, 1.82) is 0 Å². The number of pyridine rings is 1. The second-order valence-corrected chi connectivity index (χ2v) is 7.06.